The van der Waals surface area contributed by atoms with Crippen LogP contribution in [0, 0.1) is 17.1 Å². The van der Waals surface area contributed by atoms with Gasteiger partial charge in [-0.05, 0) is 31.9 Å². The molecule has 0 atom stereocenters. The summed E-state index contributed by atoms with van der Waals surface area (Å²) in [5.74, 6) is -0.429. The first-order valence-corrected chi connectivity index (χ1v) is 7.31. The molecule has 0 spiro atoms. The van der Waals surface area contributed by atoms with Crippen molar-refractivity contribution in [2.75, 3.05) is 36.0 Å². The van der Waals surface area contributed by atoms with E-state index >= 15 is 0 Å². The van der Waals surface area contributed by atoms with Crippen LogP contribution in [0.4, 0.5) is 15.8 Å². The van der Waals surface area contributed by atoms with E-state index in [0.717, 1.165) is 31.6 Å². The van der Waals surface area contributed by atoms with E-state index in [1.54, 1.807) is 0 Å². The van der Waals surface area contributed by atoms with Crippen molar-refractivity contribution >= 4 is 17.1 Å². The van der Waals surface area contributed by atoms with Gasteiger partial charge in [-0.2, -0.15) is 5.26 Å². The van der Waals surface area contributed by atoms with E-state index in [2.05, 4.69) is 0 Å². The average molecular weight is 287 g/mol. The van der Waals surface area contributed by atoms with Crippen LogP contribution in [-0.4, -0.2) is 31.3 Å². The fourth-order valence-electron chi connectivity index (χ4n) is 3.09. The van der Waals surface area contributed by atoms with Gasteiger partial charge in [-0.15, -0.1) is 0 Å². The molecule has 21 heavy (non-hydrogen) atoms. The van der Waals surface area contributed by atoms with E-state index in [9.17, 15) is 9.50 Å². The number of nitriles is 1. The molecule has 1 N–H and O–H groups in total. The Hall–Kier alpha value is -2.22. The third kappa shape index (κ3) is 2.21. The summed E-state index contributed by atoms with van der Waals surface area (Å²) in [5.41, 5.74) is 2.10. The number of hydrogen-bond acceptors (Lipinski definition) is 4. The summed E-state index contributed by atoms with van der Waals surface area (Å²) in [6.07, 6.45) is 2.16. The van der Waals surface area contributed by atoms with Crippen LogP contribution < -0.4 is 9.80 Å². The number of fused-ring (bicyclic) bond motifs is 1. The molecule has 1 saturated heterocycles. The minimum atomic E-state index is -0.336. The van der Waals surface area contributed by atoms with Gasteiger partial charge in [-0.25, -0.2) is 4.39 Å². The highest BCUT2D eigenvalue weighted by Crippen LogP contribution is 2.38. The van der Waals surface area contributed by atoms with Crippen molar-refractivity contribution in [3.05, 3.63) is 29.1 Å². The van der Waals surface area contributed by atoms with Crippen LogP contribution in [0.1, 0.15) is 25.3 Å². The predicted octanol–water partition coefficient (Wildman–Crippen LogP) is 3.06. The Kier molecular flexibility index (Phi) is 3.46. The second-order valence-electron chi connectivity index (χ2n) is 5.47. The number of aliphatic hydroxyl groups excluding tert-OH is 1. The van der Waals surface area contributed by atoms with Gasteiger partial charge in [0.1, 0.15) is 17.6 Å². The Balaban J connectivity index is 2.12. The maximum absolute atomic E-state index is 14.4. The standard InChI is InChI=1S/C16H18FN3O/c1-2-19-10-11(9-18)16(21)12-7-13(17)15(8-14(12)19)20-5-3-4-6-20/h7-8,21H,2-6,10H2,1H3. The molecule has 0 saturated carbocycles. The summed E-state index contributed by atoms with van der Waals surface area (Å²) >= 11 is 0. The second-order valence-corrected chi connectivity index (χ2v) is 5.47. The lowest BCUT2D eigenvalue weighted by molar-refractivity contribution is 0.502. The number of hydrogen-bond donors (Lipinski definition) is 1. The highest BCUT2D eigenvalue weighted by molar-refractivity contribution is 5.83. The second kappa shape index (κ2) is 5.28. The van der Waals surface area contributed by atoms with Crippen LogP contribution in [0.2, 0.25) is 0 Å². The fourth-order valence-corrected chi connectivity index (χ4v) is 3.09. The largest absolute Gasteiger partial charge is 0.506 e. The summed E-state index contributed by atoms with van der Waals surface area (Å²) in [7, 11) is 0. The molecule has 0 aromatic heterocycles. The molecule has 2 heterocycles. The first kappa shape index (κ1) is 13.7. The number of halogens is 1. The van der Waals surface area contributed by atoms with Crippen molar-refractivity contribution in [3.63, 3.8) is 0 Å². The molecule has 1 aromatic rings. The summed E-state index contributed by atoms with van der Waals surface area (Å²) in [6.45, 7) is 4.80. The number of rotatable bonds is 2. The molecule has 3 rings (SSSR count). The van der Waals surface area contributed by atoms with Gasteiger partial charge in [0, 0.05) is 25.2 Å². The van der Waals surface area contributed by atoms with Crippen molar-refractivity contribution in [1.29, 1.82) is 5.26 Å². The molecular formula is C16H18FN3O. The molecule has 1 fully saturated rings. The first-order valence-electron chi connectivity index (χ1n) is 7.31. The first-order chi connectivity index (χ1) is 10.2. The molecule has 4 nitrogen and oxygen atoms in total. The maximum atomic E-state index is 14.4. The van der Waals surface area contributed by atoms with E-state index in [0.29, 0.717) is 24.3 Å². The summed E-state index contributed by atoms with van der Waals surface area (Å²) in [5, 5.41) is 19.3. The summed E-state index contributed by atoms with van der Waals surface area (Å²) < 4.78 is 14.4. The van der Waals surface area contributed by atoms with Gasteiger partial charge >= 0.3 is 0 Å². The highest BCUT2D eigenvalue weighted by atomic mass is 19.1. The lowest BCUT2D eigenvalue weighted by Crippen LogP contribution is -2.30. The number of likely N-dealkylation sites (N-methyl/N-ethyl adjacent to an activating group) is 1. The van der Waals surface area contributed by atoms with Gasteiger partial charge < -0.3 is 14.9 Å². The molecule has 0 radical (unpaired) electrons. The van der Waals surface area contributed by atoms with Crippen LogP contribution in [0.25, 0.3) is 5.76 Å². The molecule has 2 aliphatic heterocycles. The lowest BCUT2D eigenvalue weighted by atomic mass is 9.99. The maximum Gasteiger partial charge on any atom is 0.147 e. The normalized spacial score (nSPS) is 18.0. The number of aliphatic hydroxyl groups is 1. The predicted molar refractivity (Wildman–Crippen MR) is 80.9 cm³/mol. The zero-order chi connectivity index (χ0) is 15.0. The Morgan fingerprint density at radius 3 is 2.62 bits per heavy atom. The molecule has 5 heteroatoms. The van der Waals surface area contributed by atoms with E-state index in [4.69, 9.17) is 5.26 Å². The lowest BCUT2D eigenvalue weighted by Gasteiger charge is -2.31. The topological polar surface area (TPSA) is 50.5 Å². The third-order valence-electron chi connectivity index (χ3n) is 4.26. The molecule has 0 unspecified atom stereocenters. The zero-order valence-electron chi connectivity index (χ0n) is 12.1. The van der Waals surface area contributed by atoms with Crippen LogP contribution in [0.3, 0.4) is 0 Å². The molecule has 110 valence electrons. The van der Waals surface area contributed by atoms with E-state index in [1.807, 2.05) is 28.9 Å². The molecular weight excluding hydrogens is 269 g/mol. The fraction of sp³-hybridized carbons (Fsp3) is 0.438. The van der Waals surface area contributed by atoms with Gasteiger partial charge in [0.05, 0.1) is 23.5 Å². The molecule has 0 amide bonds. The van der Waals surface area contributed by atoms with Gasteiger partial charge in [0.2, 0.25) is 0 Å². The van der Waals surface area contributed by atoms with Crippen molar-refractivity contribution in [3.8, 4) is 6.07 Å². The van der Waals surface area contributed by atoms with Crippen LogP contribution in [0.5, 0.6) is 0 Å². The smallest absolute Gasteiger partial charge is 0.147 e. The minimum absolute atomic E-state index is 0.0935. The van der Waals surface area contributed by atoms with E-state index in [-0.39, 0.29) is 17.1 Å². The monoisotopic (exact) mass is 287 g/mol. The van der Waals surface area contributed by atoms with Gasteiger partial charge in [-0.1, -0.05) is 0 Å². The van der Waals surface area contributed by atoms with Gasteiger partial charge in [0.25, 0.3) is 0 Å². The van der Waals surface area contributed by atoms with Crippen molar-refractivity contribution in [2.45, 2.75) is 19.8 Å². The van der Waals surface area contributed by atoms with E-state index < -0.39 is 0 Å². The summed E-state index contributed by atoms with van der Waals surface area (Å²) in [4.78, 5) is 4.04. The SMILES string of the molecule is CCN1CC(C#N)=C(O)c2cc(F)c(N3CCCC3)cc21. The molecule has 0 aliphatic carbocycles. The van der Waals surface area contributed by atoms with Crippen LogP contribution in [0.15, 0.2) is 17.7 Å². The van der Waals surface area contributed by atoms with E-state index in [1.165, 1.54) is 6.07 Å². The Labute approximate surface area is 123 Å². The van der Waals surface area contributed by atoms with Crippen molar-refractivity contribution < 1.29 is 9.50 Å². The Bertz CT molecular complexity index is 642. The molecule has 1 aromatic carbocycles. The summed E-state index contributed by atoms with van der Waals surface area (Å²) in [6, 6.07) is 5.17. The Morgan fingerprint density at radius 2 is 2.00 bits per heavy atom. The quantitative estimate of drug-likeness (QED) is 0.908. The number of anilines is 2. The molecule has 0 bridgehead atoms. The number of nitrogens with zero attached hydrogens (tertiary/aromatic N) is 3. The zero-order valence-corrected chi connectivity index (χ0v) is 12.1. The van der Waals surface area contributed by atoms with Crippen molar-refractivity contribution in [2.24, 2.45) is 0 Å². The van der Waals surface area contributed by atoms with Crippen LogP contribution >= 0.6 is 0 Å². The molecule has 2 aliphatic rings. The average Bonchev–Trinajstić information content (AvgIpc) is 3.02. The van der Waals surface area contributed by atoms with Gasteiger partial charge in [-0.3, -0.25) is 0 Å². The van der Waals surface area contributed by atoms with Crippen LogP contribution in [-0.2, 0) is 0 Å². The highest BCUT2D eigenvalue weighted by Gasteiger charge is 2.27. The number of benzene rings is 1. The van der Waals surface area contributed by atoms with Gasteiger partial charge in [0.15, 0.2) is 0 Å². The minimum Gasteiger partial charge on any atom is -0.506 e. The third-order valence-corrected chi connectivity index (χ3v) is 4.26. The van der Waals surface area contributed by atoms with Crippen molar-refractivity contribution in [1.82, 2.24) is 0 Å². The Morgan fingerprint density at radius 1 is 1.29 bits per heavy atom.